The van der Waals surface area contributed by atoms with E-state index in [1.807, 2.05) is 18.2 Å². The van der Waals surface area contributed by atoms with Gasteiger partial charge in [-0.05, 0) is 37.4 Å². The van der Waals surface area contributed by atoms with Crippen LogP contribution in [0.2, 0.25) is 10.0 Å². The van der Waals surface area contributed by atoms with E-state index in [9.17, 15) is 0 Å². The molecule has 1 unspecified atom stereocenters. The molecule has 0 amide bonds. The number of piperidine rings is 1. The normalized spacial score (nSPS) is 20.5. The van der Waals surface area contributed by atoms with Crippen LogP contribution in [-0.4, -0.2) is 19.7 Å². The van der Waals surface area contributed by atoms with E-state index < -0.39 is 0 Å². The van der Waals surface area contributed by atoms with Crippen molar-refractivity contribution < 1.29 is 4.74 Å². The Morgan fingerprint density at radius 1 is 1.29 bits per heavy atom. The molecule has 1 fully saturated rings. The van der Waals surface area contributed by atoms with Crippen LogP contribution >= 0.6 is 23.2 Å². The van der Waals surface area contributed by atoms with Crippen LogP contribution < -0.4 is 5.32 Å². The van der Waals surface area contributed by atoms with Crippen LogP contribution in [0, 0.1) is 5.92 Å². The van der Waals surface area contributed by atoms with Crippen molar-refractivity contribution in [2.45, 2.75) is 19.4 Å². The molecule has 1 aliphatic rings. The molecule has 94 valence electrons. The van der Waals surface area contributed by atoms with Gasteiger partial charge in [0.05, 0.1) is 13.2 Å². The van der Waals surface area contributed by atoms with Gasteiger partial charge in [-0.1, -0.05) is 29.3 Å². The van der Waals surface area contributed by atoms with Crippen molar-refractivity contribution in [2.24, 2.45) is 5.92 Å². The molecule has 0 aromatic heterocycles. The van der Waals surface area contributed by atoms with Gasteiger partial charge in [0.2, 0.25) is 0 Å². The molecule has 1 aliphatic heterocycles. The number of halogens is 2. The Balaban J connectivity index is 1.81. The van der Waals surface area contributed by atoms with Crippen LogP contribution in [0.3, 0.4) is 0 Å². The van der Waals surface area contributed by atoms with Gasteiger partial charge in [0.1, 0.15) is 0 Å². The van der Waals surface area contributed by atoms with Crippen molar-refractivity contribution in [1.29, 1.82) is 0 Å². The van der Waals surface area contributed by atoms with Crippen molar-refractivity contribution in [2.75, 3.05) is 19.7 Å². The maximum absolute atomic E-state index is 6.07. The number of nitrogens with one attached hydrogen (secondary N) is 1. The third kappa shape index (κ3) is 3.85. The second-order valence-electron chi connectivity index (χ2n) is 4.43. The number of benzene rings is 1. The Morgan fingerprint density at radius 2 is 2.06 bits per heavy atom. The summed E-state index contributed by atoms with van der Waals surface area (Å²) < 4.78 is 5.71. The minimum Gasteiger partial charge on any atom is -0.376 e. The molecule has 1 heterocycles. The highest BCUT2D eigenvalue weighted by molar-refractivity contribution is 6.35. The summed E-state index contributed by atoms with van der Waals surface area (Å²) in [6, 6.07) is 5.53. The molecular weight excluding hydrogens is 257 g/mol. The van der Waals surface area contributed by atoms with Crippen LogP contribution in [0.25, 0.3) is 0 Å². The Hall–Kier alpha value is -0.280. The third-order valence-corrected chi connectivity index (χ3v) is 3.77. The summed E-state index contributed by atoms with van der Waals surface area (Å²) in [5.41, 5.74) is 0.889. The van der Waals surface area contributed by atoms with E-state index in [0.717, 1.165) is 25.3 Å². The molecule has 4 heteroatoms. The first-order valence-corrected chi connectivity index (χ1v) is 6.74. The Morgan fingerprint density at radius 3 is 2.71 bits per heavy atom. The van der Waals surface area contributed by atoms with Crippen molar-refractivity contribution in [3.05, 3.63) is 33.8 Å². The van der Waals surface area contributed by atoms with Gasteiger partial charge in [0.15, 0.2) is 0 Å². The van der Waals surface area contributed by atoms with Gasteiger partial charge in [0.25, 0.3) is 0 Å². The molecule has 1 N–H and O–H groups in total. The quantitative estimate of drug-likeness (QED) is 0.907. The molecule has 1 aromatic rings. The standard InChI is InChI=1S/C13H17Cl2NO/c14-12-4-1-5-13(15)11(12)9-17-8-10-3-2-6-16-7-10/h1,4-5,10,16H,2-3,6-9H2. The Kier molecular flexibility index (Phi) is 5.11. The van der Waals surface area contributed by atoms with Gasteiger partial charge >= 0.3 is 0 Å². The predicted molar refractivity (Wildman–Crippen MR) is 71.7 cm³/mol. The minimum atomic E-state index is 0.495. The average molecular weight is 274 g/mol. The lowest BCUT2D eigenvalue weighted by Gasteiger charge is -2.22. The van der Waals surface area contributed by atoms with Crippen molar-refractivity contribution in [1.82, 2.24) is 5.32 Å². The van der Waals surface area contributed by atoms with E-state index in [1.165, 1.54) is 12.8 Å². The summed E-state index contributed by atoms with van der Waals surface area (Å²) in [7, 11) is 0. The molecule has 0 aliphatic carbocycles. The van der Waals surface area contributed by atoms with Gasteiger partial charge in [-0.3, -0.25) is 0 Å². The minimum absolute atomic E-state index is 0.495. The molecule has 2 rings (SSSR count). The van der Waals surface area contributed by atoms with Gasteiger partial charge in [0, 0.05) is 22.2 Å². The molecule has 1 atom stereocenters. The molecule has 1 saturated heterocycles. The fraction of sp³-hybridized carbons (Fsp3) is 0.538. The Labute approximate surface area is 112 Å². The van der Waals surface area contributed by atoms with E-state index in [0.29, 0.717) is 22.6 Å². The SMILES string of the molecule is Clc1cccc(Cl)c1COCC1CCCNC1. The van der Waals surface area contributed by atoms with Crippen LogP contribution in [0.5, 0.6) is 0 Å². The molecule has 17 heavy (non-hydrogen) atoms. The zero-order valence-corrected chi connectivity index (χ0v) is 11.2. The number of rotatable bonds is 4. The summed E-state index contributed by atoms with van der Waals surface area (Å²) in [4.78, 5) is 0. The Bertz CT molecular complexity index is 344. The first-order valence-electron chi connectivity index (χ1n) is 5.98. The summed E-state index contributed by atoms with van der Waals surface area (Å²) in [6.45, 7) is 3.45. The van der Waals surface area contributed by atoms with E-state index in [-0.39, 0.29) is 0 Å². The second-order valence-corrected chi connectivity index (χ2v) is 5.24. The molecule has 0 spiro atoms. The first-order chi connectivity index (χ1) is 8.27. The molecule has 2 nitrogen and oxygen atoms in total. The van der Waals surface area contributed by atoms with Gasteiger partial charge < -0.3 is 10.1 Å². The highest BCUT2D eigenvalue weighted by Crippen LogP contribution is 2.25. The summed E-state index contributed by atoms with van der Waals surface area (Å²) >= 11 is 12.1. The number of ether oxygens (including phenoxy) is 1. The monoisotopic (exact) mass is 273 g/mol. The zero-order valence-electron chi connectivity index (χ0n) is 9.72. The van der Waals surface area contributed by atoms with E-state index in [4.69, 9.17) is 27.9 Å². The van der Waals surface area contributed by atoms with Crippen molar-refractivity contribution >= 4 is 23.2 Å². The molecular formula is C13H17Cl2NO. The van der Waals surface area contributed by atoms with Gasteiger partial charge in [-0.2, -0.15) is 0 Å². The topological polar surface area (TPSA) is 21.3 Å². The van der Waals surface area contributed by atoms with E-state index in [1.54, 1.807) is 0 Å². The largest absolute Gasteiger partial charge is 0.376 e. The maximum atomic E-state index is 6.07. The zero-order chi connectivity index (χ0) is 12.1. The molecule has 1 aromatic carbocycles. The lowest BCUT2D eigenvalue weighted by Crippen LogP contribution is -2.32. The number of hydrogen-bond acceptors (Lipinski definition) is 2. The number of hydrogen-bond donors (Lipinski definition) is 1. The predicted octanol–water partition coefficient (Wildman–Crippen LogP) is 3.51. The highest BCUT2D eigenvalue weighted by Gasteiger charge is 2.13. The van der Waals surface area contributed by atoms with Crippen LogP contribution in [-0.2, 0) is 11.3 Å². The average Bonchev–Trinajstić information content (AvgIpc) is 2.34. The fourth-order valence-electron chi connectivity index (χ4n) is 2.06. The van der Waals surface area contributed by atoms with Gasteiger partial charge in [-0.25, -0.2) is 0 Å². The van der Waals surface area contributed by atoms with E-state index in [2.05, 4.69) is 5.32 Å². The maximum Gasteiger partial charge on any atom is 0.0746 e. The lowest BCUT2D eigenvalue weighted by atomic mass is 10.0. The highest BCUT2D eigenvalue weighted by atomic mass is 35.5. The summed E-state index contributed by atoms with van der Waals surface area (Å²) in [6.07, 6.45) is 2.48. The van der Waals surface area contributed by atoms with Crippen LogP contribution in [0.4, 0.5) is 0 Å². The summed E-state index contributed by atoms with van der Waals surface area (Å²) in [5.74, 6) is 0.616. The molecule has 0 bridgehead atoms. The molecule has 0 radical (unpaired) electrons. The smallest absolute Gasteiger partial charge is 0.0746 e. The van der Waals surface area contributed by atoms with Crippen molar-refractivity contribution in [3.63, 3.8) is 0 Å². The molecule has 0 saturated carbocycles. The van der Waals surface area contributed by atoms with Crippen LogP contribution in [0.1, 0.15) is 18.4 Å². The third-order valence-electron chi connectivity index (χ3n) is 3.06. The van der Waals surface area contributed by atoms with E-state index >= 15 is 0 Å². The summed E-state index contributed by atoms with van der Waals surface area (Å²) in [5, 5.41) is 4.73. The fourth-order valence-corrected chi connectivity index (χ4v) is 2.57. The first kappa shape index (κ1) is 13.2. The lowest BCUT2D eigenvalue weighted by molar-refractivity contribution is 0.0784. The second kappa shape index (κ2) is 6.60. The van der Waals surface area contributed by atoms with Crippen molar-refractivity contribution in [3.8, 4) is 0 Å². The van der Waals surface area contributed by atoms with Gasteiger partial charge in [-0.15, -0.1) is 0 Å². The van der Waals surface area contributed by atoms with Crippen LogP contribution in [0.15, 0.2) is 18.2 Å².